The van der Waals surface area contributed by atoms with Crippen LogP contribution in [0.3, 0.4) is 0 Å². The van der Waals surface area contributed by atoms with Crippen LogP contribution in [0.5, 0.6) is 0 Å². The van der Waals surface area contributed by atoms with Gasteiger partial charge in [0.05, 0.1) is 44.5 Å². The first-order valence-electron chi connectivity index (χ1n) is 26.7. The van der Waals surface area contributed by atoms with Gasteiger partial charge in [0.2, 0.25) is 0 Å². The molecule has 5 nitrogen and oxygen atoms in total. The predicted octanol–water partition coefficient (Wildman–Crippen LogP) is 20.2. The molecule has 0 fully saturated rings. The standard InChI is InChI=1S/C71H46F3N3O2/c1-41-18-16-19-42(38-41)63-57(75-51-28-10-6-24-47(51)65-55(75)34-36-61-67(65)49-26-8-14-32-59(49)78-61)40-58(76-52-29-11-7-25-48(52)66-56(76)35-37-62-68(66)50-27-9-15-33-60(50)79-62)64(43-20-17-21-44(39-43)71(72,73)74)69(63)70(2,3)77-53-30-12-4-22-45(53)46-23-5-13-31-54(46)77/h4-40H,1-3H3. The fraction of sp³-hybridized carbons (Fsp3) is 0.0704. The molecule has 8 heteroatoms. The fourth-order valence-electron chi connectivity index (χ4n) is 13.6. The van der Waals surface area contributed by atoms with E-state index in [9.17, 15) is 0 Å². The van der Waals surface area contributed by atoms with Crippen molar-refractivity contribution < 1.29 is 22.0 Å². The number of benzene rings is 11. The molecule has 5 heterocycles. The molecule has 0 amide bonds. The van der Waals surface area contributed by atoms with Crippen molar-refractivity contribution in [2.24, 2.45) is 0 Å². The second kappa shape index (κ2) is 16.4. The van der Waals surface area contributed by atoms with Gasteiger partial charge in [-0.2, -0.15) is 13.2 Å². The summed E-state index contributed by atoms with van der Waals surface area (Å²) in [4.78, 5) is 0. The van der Waals surface area contributed by atoms with Gasteiger partial charge in [0.1, 0.15) is 22.3 Å². The maximum absolute atomic E-state index is 15.5. The van der Waals surface area contributed by atoms with Crippen molar-refractivity contribution in [3.8, 4) is 33.6 Å². The quantitative estimate of drug-likeness (QED) is 0.167. The minimum absolute atomic E-state index is 0.434. The summed E-state index contributed by atoms with van der Waals surface area (Å²) in [7, 11) is 0. The minimum Gasteiger partial charge on any atom is -0.456 e. The zero-order valence-corrected chi connectivity index (χ0v) is 43.2. The lowest BCUT2D eigenvalue weighted by Gasteiger charge is -2.37. The Kier molecular flexibility index (Phi) is 9.41. The minimum atomic E-state index is -4.63. The molecule has 0 unspecified atom stereocenters. The highest BCUT2D eigenvalue weighted by molar-refractivity contribution is 6.29. The molecule has 0 aliphatic heterocycles. The first-order valence-corrected chi connectivity index (χ1v) is 26.7. The van der Waals surface area contributed by atoms with Gasteiger partial charge in [-0.3, -0.25) is 0 Å². The predicted molar refractivity (Wildman–Crippen MR) is 318 cm³/mol. The first-order chi connectivity index (χ1) is 38.5. The third-order valence-electron chi connectivity index (χ3n) is 16.7. The van der Waals surface area contributed by atoms with Gasteiger partial charge in [-0.05, 0) is 116 Å². The van der Waals surface area contributed by atoms with E-state index in [1.807, 2.05) is 48.5 Å². The number of hydrogen-bond donors (Lipinski definition) is 0. The van der Waals surface area contributed by atoms with Gasteiger partial charge in [-0.15, -0.1) is 0 Å². The molecule has 11 aromatic carbocycles. The molecule has 378 valence electrons. The van der Waals surface area contributed by atoms with Crippen molar-refractivity contribution in [3.05, 3.63) is 241 Å². The van der Waals surface area contributed by atoms with Crippen LogP contribution >= 0.6 is 0 Å². The molecule has 0 atom stereocenters. The number of hydrogen-bond acceptors (Lipinski definition) is 2. The van der Waals surface area contributed by atoms with Crippen LogP contribution in [0.25, 0.3) is 143 Å². The van der Waals surface area contributed by atoms with Gasteiger partial charge in [-0.1, -0.05) is 151 Å². The zero-order valence-electron chi connectivity index (χ0n) is 43.2. The molecule has 0 bridgehead atoms. The average Bonchev–Trinajstić information content (AvgIpc) is 3.96. The summed E-state index contributed by atoms with van der Waals surface area (Å²) < 4.78 is 66.8. The van der Waals surface area contributed by atoms with E-state index in [-0.39, 0.29) is 0 Å². The van der Waals surface area contributed by atoms with Crippen LogP contribution in [0, 0.1) is 6.92 Å². The number of fused-ring (bicyclic) bond motifs is 17. The smallest absolute Gasteiger partial charge is 0.416 e. The highest BCUT2D eigenvalue weighted by atomic mass is 19.4. The van der Waals surface area contributed by atoms with Crippen molar-refractivity contribution >= 4 is 109 Å². The highest BCUT2D eigenvalue weighted by Crippen LogP contribution is 2.54. The number of furan rings is 2. The summed E-state index contributed by atoms with van der Waals surface area (Å²) >= 11 is 0. The zero-order chi connectivity index (χ0) is 53.1. The number of nitrogens with zero attached hydrogens (tertiary/aromatic N) is 3. The highest BCUT2D eigenvalue weighted by Gasteiger charge is 2.39. The van der Waals surface area contributed by atoms with Gasteiger partial charge in [-0.25, -0.2) is 0 Å². The van der Waals surface area contributed by atoms with Crippen LogP contribution in [0.4, 0.5) is 13.2 Å². The number of halogens is 3. The van der Waals surface area contributed by atoms with E-state index in [1.54, 1.807) is 6.07 Å². The second-order valence-corrected chi connectivity index (χ2v) is 21.5. The summed E-state index contributed by atoms with van der Waals surface area (Å²) in [5.74, 6) is 0. The largest absolute Gasteiger partial charge is 0.456 e. The van der Waals surface area contributed by atoms with Gasteiger partial charge >= 0.3 is 6.18 Å². The number of alkyl halides is 3. The summed E-state index contributed by atoms with van der Waals surface area (Å²) in [6.07, 6.45) is -4.63. The summed E-state index contributed by atoms with van der Waals surface area (Å²) in [5, 5.41) is 10.2. The lowest BCUT2D eigenvalue weighted by molar-refractivity contribution is -0.137. The Balaban J connectivity index is 1.19. The van der Waals surface area contributed by atoms with Crippen molar-refractivity contribution in [1.29, 1.82) is 0 Å². The number of aryl methyl sites for hydroxylation is 1. The maximum atomic E-state index is 15.5. The van der Waals surface area contributed by atoms with Crippen molar-refractivity contribution in [2.75, 3.05) is 0 Å². The Hall–Kier alpha value is -9.79. The monoisotopic (exact) mass is 1030 g/mol. The molecular formula is C71H46F3N3O2. The third-order valence-corrected chi connectivity index (χ3v) is 16.7. The molecule has 0 saturated carbocycles. The van der Waals surface area contributed by atoms with E-state index >= 15 is 13.2 Å². The van der Waals surface area contributed by atoms with Gasteiger partial charge in [0.15, 0.2) is 0 Å². The van der Waals surface area contributed by atoms with E-state index in [4.69, 9.17) is 8.83 Å². The Labute approximate surface area is 450 Å². The van der Waals surface area contributed by atoms with Crippen LogP contribution in [0.2, 0.25) is 0 Å². The van der Waals surface area contributed by atoms with Crippen LogP contribution < -0.4 is 0 Å². The van der Waals surface area contributed by atoms with E-state index in [0.717, 1.165) is 137 Å². The van der Waals surface area contributed by atoms with E-state index in [0.29, 0.717) is 16.8 Å². The Morgan fingerprint density at radius 3 is 1.28 bits per heavy atom. The van der Waals surface area contributed by atoms with Crippen LogP contribution in [-0.2, 0) is 11.7 Å². The lowest BCUT2D eigenvalue weighted by atomic mass is 9.78. The van der Waals surface area contributed by atoms with Gasteiger partial charge < -0.3 is 22.5 Å². The average molecular weight is 1030 g/mol. The molecule has 0 saturated heterocycles. The summed E-state index contributed by atoms with van der Waals surface area (Å²) in [6, 6.07) is 75.4. The molecule has 16 rings (SSSR count). The summed E-state index contributed by atoms with van der Waals surface area (Å²) in [5.41, 5.74) is 13.5. The Morgan fingerprint density at radius 2 is 0.785 bits per heavy atom. The SMILES string of the molecule is Cc1cccc(-c2c(-n3c4ccccc4c4c5c(ccc43)oc3ccccc35)cc(-n3c4ccccc4c4c5c(ccc43)oc3ccccc35)c(-c3cccc(C(F)(F)F)c3)c2C(C)(C)n2c3ccccc3c3ccccc32)c1. The first kappa shape index (κ1) is 45.4. The van der Waals surface area contributed by atoms with Crippen LogP contribution in [-0.4, -0.2) is 13.7 Å². The molecule has 0 spiro atoms. The van der Waals surface area contributed by atoms with Crippen molar-refractivity contribution in [2.45, 2.75) is 32.5 Å². The Bertz CT molecular complexity index is 5200. The molecule has 0 radical (unpaired) electrons. The molecular weight excluding hydrogens is 984 g/mol. The fourth-order valence-corrected chi connectivity index (χ4v) is 13.6. The molecule has 0 aliphatic carbocycles. The van der Waals surface area contributed by atoms with Crippen LogP contribution in [0.15, 0.2) is 233 Å². The molecule has 16 aromatic rings. The topological polar surface area (TPSA) is 41.1 Å². The number of para-hydroxylation sites is 6. The third kappa shape index (κ3) is 6.40. The van der Waals surface area contributed by atoms with E-state index in [2.05, 4.69) is 192 Å². The van der Waals surface area contributed by atoms with Crippen molar-refractivity contribution in [1.82, 2.24) is 13.7 Å². The molecule has 5 aromatic heterocycles. The van der Waals surface area contributed by atoms with Gasteiger partial charge in [0.25, 0.3) is 0 Å². The Morgan fingerprint density at radius 1 is 0.354 bits per heavy atom. The van der Waals surface area contributed by atoms with Crippen molar-refractivity contribution in [3.63, 3.8) is 0 Å². The van der Waals surface area contributed by atoms with E-state index < -0.39 is 17.3 Å². The molecule has 0 N–H and O–H groups in total. The van der Waals surface area contributed by atoms with Crippen LogP contribution in [0.1, 0.15) is 30.5 Å². The second-order valence-electron chi connectivity index (χ2n) is 21.5. The number of rotatable bonds is 6. The molecule has 79 heavy (non-hydrogen) atoms. The molecule has 0 aliphatic rings. The summed E-state index contributed by atoms with van der Waals surface area (Å²) in [6.45, 7) is 6.58. The van der Waals surface area contributed by atoms with E-state index in [1.165, 1.54) is 12.1 Å². The number of aromatic nitrogens is 3. The lowest BCUT2D eigenvalue weighted by Crippen LogP contribution is -2.30. The maximum Gasteiger partial charge on any atom is 0.416 e. The normalized spacial score (nSPS) is 12.7. The van der Waals surface area contributed by atoms with Gasteiger partial charge in [0, 0.05) is 76.0 Å².